The van der Waals surface area contributed by atoms with Crippen LogP contribution in [-0.2, 0) is 4.79 Å². The number of aryl methyl sites for hydroxylation is 1. The lowest BCUT2D eigenvalue weighted by molar-refractivity contribution is -0.125. The van der Waals surface area contributed by atoms with E-state index >= 15 is 0 Å². The first-order chi connectivity index (χ1) is 9.03. The summed E-state index contributed by atoms with van der Waals surface area (Å²) in [5.41, 5.74) is 6.30. The average Bonchev–Trinajstić information content (AvgIpc) is 2.40. The Balaban J connectivity index is 2.15. The van der Waals surface area contributed by atoms with Gasteiger partial charge in [0.25, 0.3) is 5.91 Å². The van der Waals surface area contributed by atoms with E-state index in [0.717, 1.165) is 24.8 Å². The van der Waals surface area contributed by atoms with Gasteiger partial charge in [-0.3, -0.25) is 9.59 Å². The van der Waals surface area contributed by atoms with Gasteiger partial charge in [-0.2, -0.15) is 0 Å². The molecule has 0 saturated heterocycles. The fourth-order valence-corrected chi connectivity index (χ4v) is 2.58. The SMILES string of the molecule is Cc1ccc(C(=O)NC2(C(N)=O)CCCCC2)cc1. The van der Waals surface area contributed by atoms with Gasteiger partial charge in [0.1, 0.15) is 5.54 Å². The summed E-state index contributed by atoms with van der Waals surface area (Å²) in [4.78, 5) is 23.9. The molecular formula is C15H20N2O2. The maximum Gasteiger partial charge on any atom is 0.252 e. The van der Waals surface area contributed by atoms with Gasteiger partial charge in [-0.05, 0) is 31.9 Å². The number of primary amides is 1. The van der Waals surface area contributed by atoms with E-state index in [2.05, 4.69) is 5.32 Å². The van der Waals surface area contributed by atoms with E-state index in [1.165, 1.54) is 0 Å². The minimum Gasteiger partial charge on any atom is -0.368 e. The highest BCUT2D eigenvalue weighted by atomic mass is 16.2. The van der Waals surface area contributed by atoms with Crippen molar-refractivity contribution < 1.29 is 9.59 Å². The van der Waals surface area contributed by atoms with Gasteiger partial charge in [0.15, 0.2) is 0 Å². The summed E-state index contributed by atoms with van der Waals surface area (Å²) >= 11 is 0. The van der Waals surface area contributed by atoms with Crippen LogP contribution < -0.4 is 11.1 Å². The van der Waals surface area contributed by atoms with Crippen molar-refractivity contribution in [2.75, 3.05) is 0 Å². The molecule has 0 aliphatic heterocycles. The van der Waals surface area contributed by atoms with E-state index in [4.69, 9.17) is 5.73 Å². The molecule has 0 unspecified atom stereocenters. The largest absolute Gasteiger partial charge is 0.368 e. The number of rotatable bonds is 3. The first-order valence-corrected chi connectivity index (χ1v) is 6.73. The molecule has 1 fully saturated rings. The first kappa shape index (κ1) is 13.6. The highest BCUT2D eigenvalue weighted by Crippen LogP contribution is 2.28. The van der Waals surface area contributed by atoms with Crippen molar-refractivity contribution in [1.82, 2.24) is 5.32 Å². The molecule has 2 amide bonds. The lowest BCUT2D eigenvalue weighted by atomic mass is 9.81. The second-order valence-electron chi connectivity index (χ2n) is 5.33. The molecular weight excluding hydrogens is 240 g/mol. The highest BCUT2D eigenvalue weighted by molar-refractivity contribution is 5.99. The molecule has 0 atom stereocenters. The molecule has 0 bridgehead atoms. The standard InChI is InChI=1S/C15H20N2O2/c1-11-5-7-12(8-6-11)13(18)17-15(14(16)19)9-3-2-4-10-15/h5-8H,2-4,9-10H2,1H3,(H2,16,19)(H,17,18). The summed E-state index contributed by atoms with van der Waals surface area (Å²) in [5, 5.41) is 2.85. The van der Waals surface area contributed by atoms with Crippen LogP contribution in [0.15, 0.2) is 24.3 Å². The van der Waals surface area contributed by atoms with Crippen molar-refractivity contribution >= 4 is 11.8 Å². The molecule has 102 valence electrons. The van der Waals surface area contributed by atoms with Crippen molar-refractivity contribution in [2.45, 2.75) is 44.6 Å². The van der Waals surface area contributed by atoms with E-state index in [0.29, 0.717) is 18.4 Å². The summed E-state index contributed by atoms with van der Waals surface area (Å²) < 4.78 is 0. The topological polar surface area (TPSA) is 72.2 Å². The Morgan fingerprint density at radius 1 is 1.11 bits per heavy atom. The second kappa shape index (κ2) is 5.43. The molecule has 2 rings (SSSR count). The zero-order valence-electron chi connectivity index (χ0n) is 11.2. The van der Waals surface area contributed by atoms with Gasteiger partial charge < -0.3 is 11.1 Å². The minimum atomic E-state index is -0.861. The number of hydrogen-bond donors (Lipinski definition) is 2. The van der Waals surface area contributed by atoms with Crippen LogP contribution in [-0.4, -0.2) is 17.4 Å². The number of carbonyl (C=O) groups excluding carboxylic acids is 2. The Hall–Kier alpha value is -1.84. The van der Waals surface area contributed by atoms with E-state index in [9.17, 15) is 9.59 Å². The second-order valence-corrected chi connectivity index (χ2v) is 5.33. The maximum absolute atomic E-state index is 12.2. The van der Waals surface area contributed by atoms with Gasteiger partial charge in [0.2, 0.25) is 5.91 Å². The molecule has 1 aromatic carbocycles. The van der Waals surface area contributed by atoms with E-state index < -0.39 is 11.4 Å². The Morgan fingerprint density at radius 2 is 1.68 bits per heavy atom. The molecule has 0 spiro atoms. The Kier molecular flexibility index (Phi) is 3.88. The first-order valence-electron chi connectivity index (χ1n) is 6.73. The van der Waals surface area contributed by atoms with Crippen LogP contribution in [0, 0.1) is 6.92 Å². The summed E-state index contributed by atoms with van der Waals surface area (Å²) in [5.74, 6) is -0.645. The van der Waals surface area contributed by atoms with Crippen LogP contribution in [0.25, 0.3) is 0 Å². The van der Waals surface area contributed by atoms with Crippen LogP contribution >= 0.6 is 0 Å². The molecule has 1 aromatic rings. The Bertz CT molecular complexity index is 473. The molecule has 0 radical (unpaired) electrons. The summed E-state index contributed by atoms with van der Waals surface area (Å²) in [7, 11) is 0. The van der Waals surface area contributed by atoms with Crippen molar-refractivity contribution in [3.8, 4) is 0 Å². The fraction of sp³-hybridized carbons (Fsp3) is 0.467. The molecule has 0 aromatic heterocycles. The van der Waals surface area contributed by atoms with Crippen molar-refractivity contribution in [2.24, 2.45) is 5.73 Å². The smallest absolute Gasteiger partial charge is 0.252 e. The van der Waals surface area contributed by atoms with Crippen molar-refractivity contribution in [3.05, 3.63) is 35.4 Å². The number of amides is 2. The molecule has 1 aliphatic carbocycles. The number of carbonyl (C=O) groups is 2. The summed E-state index contributed by atoms with van der Waals surface area (Å²) in [6, 6.07) is 7.30. The molecule has 0 heterocycles. The summed E-state index contributed by atoms with van der Waals surface area (Å²) in [6.45, 7) is 1.97. The quantitative estimate of drug-likeness (QED) is 0.871. The number of benzene rings is 1. The van der Waals surface area contributed by atoms with Crippen LogP contribution in [0.4, 0.5) is 0 Å². The molecule has 1 saturated carbocycles. The molecule has 19 heavy (non-hydrogen) atoms. The zero-order valence-corrected chi connectivity index (χ0v) is 11.2. The molecule has 3 N–H and O–H groups in total. The predicted molar refractivity (Wildman–Crippen MR) is 73.7 cm³/mol. The fourth-order valence-electron chi connectivity index (χ4n) is 2.58. The van der Waals surface area contributed by atoms with E-state index in [-0.39, 0.29) is 5.91 Å². The van der Waals surface area contributed by atoms with Crippen LogP contribution in [0.2, 0.25) is 0 Å². The van der Waals surface area contributed by atoms with Crippen LogP contribution in [0.5, 0.6) is 0 Å². The van der Waals surface area contributed by atoms with Crippen LogP contribution in [0.3, 0.4) is 0 Å². The van der Waals surface area contributed by atoms with Gasteiger partial charge in [-0.25, -0.2) is 0 Å². The highest BCUT2D eigenvalue weighted by Gasteiger charge is 2.39. The predicted octanol–water partition coefficient (Wildman–Crippen LogP) is 1.91. The number of nitrogens with two attached hydrogens (primary N) is 1. The Morgan fingerprint density at radius 3 is 2.21 bits per heavy atom. The van der Waals surface area contributed by atoms with Gasteiger partial charge in [0, 0.05) is 5.56 Å². The third-order valence-electron chi connectivity index (χ3n) is 3.85. The third-order valence-corrected chi connectivity index (χ3v) is 3.85. The van der Waals surface area contributed by atoms with Gasteiger partial charge in [0.05, 0.1) is 0 Å². The van der Waals surface area contributed by atoms with Gasteiger partial charge in [-0.1, -0.05) is 37.0 Å². The number of hydrogen-bond acceptors (Lipinski definition) is 2. The molecule has 4 heteroatoms. The monoisotopic (exact) mass is 260 g/mol. The van der Waals surface area contributed by atoms with E-state index in [1.54, 1.807) is 12.1 Å². The lowest BCUT2D eigenvalue weighted by Crippen LogP contribution is -2.58. The van der Waals surface area contributed by atoms with E-state index in [1.807, 2.05) is 19.1 Å². The minimum absolute atomic E-state index is 0.222. The van der Waals surface area contributed by atoms with Gasteiger partial charge in [-0.15, -0.1) is 0 Å². The maximum atomic E-state index is 12.2. The normalized spacial score (nSPS) is 17.7. The van der Waals surface area contributed by atoms with Crippen molar-refractivity contribution in [1.29, 1.82) is 0 Å². The zero-order chi connectivity index (χ0) is 13.9. The summed E-state index contributed by atoms with van der Waals surface area (Å²) in [6.07, 6.45) is 4.23. The average molecular weight is 260 g/mol. The third kappa shape index (κ3) is 2.95. The lowest BCUT2D eigenvalue weighted by Gasteiger charge is -2.35. The molecule has 1 aliphatic rings. The van der Waals surface area contributed by atoms with Crippen molar-refractivity contribution in [3.63, 3.8) is 0 Å². The van der Waals surface area contributed by atoms with Gasteiger partial charge >= 0.3 is 0 Å². The number of nitrogens with one attached hydrogen (secondary N) is 1. The molecule has 4 nitrogen and oxygen atoms in total. The van der Waals surface area contributed by atoms with Crippen LogP contribution in [0.1, 0.15) is 48.0 Å². The Labute approximate surface area is 113 Å².